The quantitative estimate of drug-likeness (QED) is 0.763. The van der Waals surface area contributed by atoms with Crippen LogP contribution in [0.3, 0.4) is 0 Å². The topological polar surface area (TPSA) is 44.8 Å². The molecular formula is C13H25N3O2. The van der Waals surface area contributed by atoms with E-state index in [0.717, 1.165) is 45.4 Å². The normalized spacial score (nSPS) is 25.9. The van der Waals surface area contributed by atoms with Gasteiger partial charge in [-0.15, -0.1) is 0 Å². The monoisotopic (exact) mass is 255 g/mol. The number of carbonyl (C=O) groups excluding carboxylic acids is 1. The van der Waals surface area contributed by atoms with E-state index in [4.69, 9.17) is 4.74 Å². The maximum atomic E-state index is 12.0. The average molecular weight is 255 g/mol. The predicted octanol–water partition coefficient (Wildman–Crippen LogP) is -0.0825. The fraction of sp³-hybridized carbons (Fsp3) is 0.923. The van der Waals surface area contributed by atoms with Crippen molar-refractivity contribution < 1.29 is 9.53 Å². The van der Waals surface area contributed by atoms with Crippen LogP contribution in [0.5, 0.6) is 0 Å². The molecule has 0 aromatic carbocycles. The Morgan fingerprint density at radius 3 is 2.67 bits per heavy atom. The Hall–Kier alpha value is -0.650. The van der Waals surface area contributed by atoms with Gasteiger partial charge in [-0.25, -0.2) is 0 Å². The molecule has 0 spiro atoms. The molecule has 1 unspecified atom stereocenters. The molecule has 2 aliphatic heterocycles. The Morgan fingerprint density at radius 2 is 2.06 bits per heavy atom. The van der Waals surface area contributed by atoms with Crippen LogP contribution in [0.25, 0.3) is 0 Å². The minimum Gasteiger partial charge on any atom is -0.368 e. The van der Waals surface area contributed by atoms with Gasteiger partial charge in [0, 0.05) is 19.1 Å². The summed E-state index contributed by atoms with van der Waals surface area (Å²) < 4.78 is 5.71. The van der Waals surface area contributed by atoms with E-state index >= 15 is 0 Å². The summed E-state index contributed by atoms with van der Waals surface area (Å²) >= 11 is 0. The fourth-order valence-corrected chi connectivity index (χ4v) is 2.63. The molecule has 0 saturated carbocycles. The second-order valence-corrected chi connectivity index (χ2v) is 5.51. The summed E-state index contributed by atoms with van der Waals surface area (Å²) in [5, 5.41) is 3.29. The molecular weight excluding hydrogens is 230 g/mol. The third kappa shape index (κ3) is 3.67. The first-order valence-corrected chi connectivity index (χ1v) is 6.93. The number of amides is 1. The van der Waals surface area contributed by atoms with Crippen LogP contribution in [0.1, 0.15) is 19.3 Å². The van der Waals surface area contributed by atoms with Gasteiger partial charge in [-0.05, 0) is 46.4 Å². The van der Waals surface area contributed by atoms with Crippen molar-refractivity contribution in [2.75, 3.05) is 46.9 Å². The number of carbonyl (C=O) groups is 1. The van der Waals surface area contributed by atoms with Crippen LogP contribution in [0.15, 0.2) is 0 Å². The van der Waals surface area contributed by atoms with Gasteiger partial charge in [0.1, 0.15) is 6.61 Å². The standard InChI is InChI=1S/C13H25N3O2/c1-15(2)11-5-8-16(9-11)13(17)10-18-12-3-6-14-7-4-12/h11-12,14H,3-10H2,1-2H3. The van der Waals surface area contributed by atoms with Crippen LogP contribution < -0.4 is 5.32 Å². The zero-order valence-electron chi connectivity index (χ0n) is 11.5. The number of ether oxygens (including phenoxy) is 1. The molecule has 1 amide bonds. The molecule has 1 atom stereocenters. The largest absolute Gasteiger partial charge is 0.368 e. The minimum atomic E-state index is 0.151. The number of piperidine rings is 1. The number of rotatable bonds is 4. The molecule has 2 fully saturated rings. The van der Waals surface area contributed by atoms with Crippen LogP contribution in [0.2, 0.25) is 0 Å². The molecule has 0 aromatic rings. The van der Waals surface area contributed by atoms with Gasteiger partial charge < -0.3 is 19.9 Å². The van der Waals surface area contributed by atoms with Gasteiger partial charge in [-0.2, -0.15) is 0 Å². The summed E-state index contributed by atoms with van der Waals surface area (Å²) in [6.45, 7) is 3.99. The zero-order chi connectivity index (χ0) is 13.0. The smallest absolute Gasteiger partial charge is 0.248 e. The van der Waals surface area contributed by atoms with Gasteiger partial charge in [0.15, 0.2) is 0 Å². The number of likely N-dealkylation sites (tertiary alicyclic amines) is 1. The van der Waals surface area contributed by atoms with Crippen LogP contribution >= 0.6 is 0 Å². The summed E-state index contributed by atoms with van der Waals surface area (Å²) in [6, 6.07) is 0.507. The van der Waals surface area contributed by atoms with Crippen LogP contribution in [-0.2, 0) is 9.53 Å². The molecule has 2 aliphatic rings. The highest BCUT2D eigenvalue weighted by molar-refractivity contribution is 5.77. The van der Waals surface area contributed by atoms with Gasteiger partial charge >= 0.3 is 0 Å². The maximum absolute atomic E-state index is 12.0. The van der Waals surface area contributed by atoms with Gasteiger partial charge in [0.2, 0.25) is 5.91 Å². The number of hydrogen-bond acceptors (Lipinski definition) is 4. The summed E-state index contributed by atoms with van der Waals surface area (Å²) in [5.74, 6) is 0.151. The van der Waals surface area contributed by atoms with Crippen LogP contribution in [-0.4, -0.2) is 74.7 Å². The van der Waals surface area contributed by atoms with Gasteiger partial charge in [0.25, 0.3) is 0 Å². The Bertz CT molecular complexity index is 277. The lowest BCUT2D eigenvalue weighted by Gasteiger charge is -2.24. The van der Waals surface area contributed by atoms with Crippen molar-refractivity contribution >= 4 is 5.91 Å². The zero-order valence-corrected chi connectivity index (χ0v) is 11.5. The van der Waals surface area contributed by atoms with E-state index in [9.17, 15) is 4.79 Å². The van der Waals surface area contributed by atoms with Crippen molar-refractivity contribution in [1.29, 1.82) is 0 Å². The molecule has 2 saturated heterocycles. The third-order valence-electron chi connectivity index (χ3n) is 3.98. The molecule has 0 bridgehead atoms. The van der Waals surface area contributed by atoms with E-state index in [1.165, 1.54) is 0 Å². The third-order valence-corrected chi connectivity index (χ3v) is 3.98. The van der Waals surface area contributed by atoms with Crippen LogP contribution in [0.4, 0.5) is 0 Å². The van der Waals surface area contributed by atoms with E-state index in [0.29, 0.717) is 6.04 Å². The number of nitrogens with zero attached hydrogens (tertiary/aromatic N) is 2. The molecule has 0 aliphatic carbocycles. The maximum Gasteiger partial charge on any atom is 0.248 e. The molecule has 5 heteroatoms. The second kappa shape index (κ2) is 6.50. The number of likely N-dealkylation sites (N-methyl/N-ethyl adjacent to an activating group) is 1. The molecule has 18 heavy (non-hydrogen) atoms. The highest BCUT2D eigenvalue weighted by atomic mass is 16.5. The van der Waals surface area contributed by atoms with Crippen molar-refractivity contribution in [2.45, 2.75) is 31.4 Å². The summed E-state index contributed by atoms with van der Waals surface area (Å²) in [7, 11) is 4.15. The number of hydrogen-bond donors (Lipinski definition) is 1. The van der Waals surface area contributed by atoms with E-state index < -0.39 is 0 Å². The summed E-state index contributed by atoms with van der Waals surface area (Å²) in [6.07, 6.45) is 3.38. The summed E-state index contributed by atoms with van der Waals surface area (Å²) in [4.78, 5) is 16.2. The highest BCUT2D eigenvalue weighted by Gasteiger charge is 2.27. The van der Waals surface area contributed by atoms with Crippen molar-refractivity contribution in [3.8, 4) is 0 Å². The minimum absolute atomic E-state index is 0.151. The Balaban J connectivity index is 1.68. The molecule has 1 N–H and O–H groups in total. The Kier molecular flexibility index (Phi) is 4.97. The van der Waals surface area contributed by atoms with Crippen molar-refractivity contribution in [3.63, 3.8) is 0 Å². The number of nitrogens with one attached hydrogen (secondary N) is 1. The lowest BCUT2D eigenvalue weighted by molar-refractivity contribution is -0.137. The lowest BCUT2D eigenvalue weighted by Crippen LogP contribution is -2.38. The first kappa shape index (κ1) is 13.8. The highest BCUT2D eigenvalue weighted by Crippen LogP contribution is 2.14. The molecule has 0 radical (unpaired) electrons. The molecule has 2 rings (SSSR count). The van der Waals surface area contributed by atoms with Gasteiger partial charge in [-0.1, -0.05) is 0 Å². The molecule has 5 nitrogen and oxygen atoms in total. The van der Waals surface area contributed by atoms with Crippen molar-refractivity contribution in [3.05, 3.63) is 0 Å². The van der Waals surface area contributed by atoms with E-state index in [2.05, 4.69) is 24.3 Å². The summed E-state index contributed by atoms with van der Waals surface area (Å²) in [5.41, 5.74) is 0. The van der Waals surface area contributed by atoms with E-state index in [1.54, 1.807) is 0 Å². The van der Waals surface area contributed by atoms with Crippen molar-refractivity contribution in [1.82, 2.24) is 15.1 Å². The molecule has 104 valence electrons. The molecule has 0 aromatic heterocycles. The average Bonchev–Trinajstić information content (AvgIpc) is 2.87. The molecule has 2 heterocycles. The first-order valence-electron chi connectivity index (χ1n) is 6.93. The van der Waals surface area contributed by atoms with E-state index in [-0.39, 0.29) is 18.6 Å². The Labute approximate surface area is 109 Å². The first-order chi connectivity index (χ1) is 8.66. The second-order valence-electron chi connectivity index (χ2n) is 5.51. The SMILES string of the molecule is CN(C)C1CCN(C(=O)COC2CCNCC2)C1. The fourth-order valence-electron chi connectivity index (χ4n) is 2.63. The van der Waals surface area contributed by atoms with E-state index in [1.807, 2.05) is 4.90 Å². The van der Waals surface area contributed by atoms with Crippen molar-refractivity contribution in [2.24, 2.45) is 0 Å². The van der Waals surface area contributed by atoms with Gasteiger partial charge in [0.05, 0.1) is 6.10 Å². The van der Waals surface area contributed by atoms with Gasteiger partial charge in [-0.3, -0.25) is 4.79 Å². The Morgan fingerprint density at radius 1 is 1.33 bits per heavy atom. The van der Waals surface area contributed by atoms with Crippen LogP contribution in [0, 0.1) is 0 Å². The predicted molar refractivity (Wildman–Crippen MR) is 70.5 cm³/mol. The lowest BCUT2D eigenvalue weighted by atomic mass is 10.1.